The van der Waals surface area contributed by atoms with Gasteiger partial charge in [-0.15, -0.1) is 11.3 Å². The summed E-state index contributed by atoms with van der Waals surface area (Å²) in [6, 6.07) is 4.53. The number of fused-ring (bicyclic) bond motifs is 1. The first-order chi connectivity index (χ1) is 12.8. The lowest BCUT2D eigenvalue weighted by molar-refractivity contribution is 0.0999. The van der Waals surface area contributed by atoms with E-state index in [9.17, 15) is 14.4 Å². The van der Waals surface area contributed by atoms with E-state index in [4.69, 9.17) is 33.7 Å². The van der Waals surface area contributed by atoms with Gasteiger partial charge in [0.2, 0.25) is 0 Å². The van der Waals surface area contributed by atoms with Crippen molar-refractivity contribution in [3.8, 4) is 0 Å². The minimum absolute atomic E-state index is 0.183. The summed E-state index contributed by atoms with van der Waals surface area (Å²) in [4.78, 5) is 38.6. The Labute approximate surface area is 169 Å². The Morgan fingerprint density at radius 2 is 2.04 bits per heavy atom. The zero-order valence-corrected chi connectivity index (χ0v) is 16.5. The minimum atomic E-state index is -0.647. The Balaban J connectivity index is 1.93. The zero-order valence-electron chi connectivity index (χ0n) is 14.2. The molecule has 0 saturated heterocycles. The molecule has 1 aromatic heterocycles. The van der Waals surface area contributed by atoms with Crippen LogP contribution < -0.4 is 11.1 Å². The van der Waals surface area contributed by atoms with Crippen molar-refractivity contribution in [2.45, 2.75) is 13.0 Å². The number of benzene rings is 1. The van der Waals surface area contributed by atoms with Crippen molar-refractivity contribution < 1.29 is 19.1 Å². The third-order valence-corrected chi connectivity index (χ3v) is 5.83. The molecule has 0 radical (unpaired) electrons. The number of hydrogen-bond acceptors (Lipinski definition) is 5. The molecule has 0 atom stereocenters. The lowest BCUT2D eigenvalue weighted by Crippen LogP contribution is -2.35. The number of primary amides is 1. The summed E-state index contributed by atoms with van der Waals surface area (Å²) in [7, 11) is 1.31. The predicted octanol–water partition coefficient (Wildman–Crippen LogP) is 3.53. The molecule has 142 valence electrons. The summed E-state index contributed by atoms with van der Waals surface area (Å²) >= 11 is 13.2. The number of thiophene rings is 1. The van der Waals surface area contributed by atoms with Gasteiger partial charge in [0, 0.05) is 16.4 Å². The number of methoxy groups -OCH3 is 1. The minimum Gasteiger partial charge on any atom is -0.453 e. The van der Waals surface area contributed by atoms with E-state index in [1.165, 1.54) is 35.5 Å². The van der Waals surface area contributed by atoms with E-state index in [0.29, 0.717) is 23.0 Å². The number of amides is 3. The molecule has 10 heteroatoms. The number of nitrogens with one attached hydrogen (secondary N) is 1. The third-order valence-electron chi connectivity index (χ3n) is 4.14. The molecular formula is C17H15Cl2N3O4S. The van der Waals surface area contributed by atoms with Crippen molar-refractivity contribution in [2.24, 2.45) is 5.73 Å². The highest BCUT2D eigenvalue weighted by molar-refractivity contribution is 7.17. The molecule has 1 aliphatic rings. The Bertz CT molecular complexity index is 945. The molecule has 7 nitrogen and oxygen atoms in total. The largest absolute Gasteiger partial charge is 0.453 e. The van der Waals surface area contributed by atoms with Crippen LogP contribution in [0.4, 0.5) is 9.80 Å². The fourth-order valence-electron chi connectivity index (χ4n) is 2.88. The molecule has 3 N–H and O–H groups in total. The smallest absolute Gasteiger partial charge is 0.409 e. The lowest BCUT2D eigenvalue weighted by atomic mass is 10.0. The molecule has 27 heavy (non-hydrogen) atoms. The molecule has 0 spiro atoms. The zero-order chi connectivity index (χ0) is 19.7. The van der Waals surface area contributed by atoms with E-state index in [0.717, 1.165) is 10.4 Å². The average Bonchev–Trinajstić information content (AvgIpc) is 2.99. The Hall–Kier alpha value is -2.29. The van der Waals surface area contributed by atoms with Crippen molar-refractivity contribution in [3.05, 3.63) is 49.8 Å². The highest BCUT2D eigenvalue weighted by Crippen LogP contribution is 2.37. The molecule has 1 aromatic carbocycles. The van der Waals surface area contributed by atoms with Crippen LogP contribution in [0.25, 0.3) is 0 Å². The van der Waals surface area contributed by atoms with Crippen molar-refractivity contribution in [1.29, 1.82) is 0 Å². The number of carbonyl (C=O) groups is 3. The van der Waals surface area contributed by atoms with Gasteiger partial charge in [0.1, 0.15) is 5.00 Å². The third kappa shape index (κ3) is 3.87. The van der Waals surface area contributed by atoms with Gasteiger partial charge < -0.3 is 20.7 Å². The van der Waals surface area contributed by atoms with Gasteiger partial charge >= 0.3 is 6.09 Å². The fourth-order valence-corrected chi connectivity index (χ4v) is 4.52. The monoisotopic (exact) mass is 427 g/mol. The molecule has 1 aliphatic heterocycles. The van der Waals surface area contributed by atoms with Gasteiger partial charge in [-0.3, -0.25) is 9.59 Å². The SMILES string of the molecule is COC(=O)N1CCc2c(sc(NC(=O)c3cc(Cl)ccc3Cl)c2C(N)=O)C1. The van der Waals surface area contributed by atoms with Gasteiger partial charge in [-0.1, -0.05) is 23.2 Å². The summed E-state index contributed by atoms with van der Waals surface area (Å²) in [5.74, 6) is -1.15. The Morgan fingerprint density at radius 3 is 2.70 bits per heavy atom. The number of ether oxygens (including phenoxy) is 1. The van der Waals surface area contributed by atoms with Crippen LogP contribution in [0.2, 0.25) is 10.0 Å². The number of rotatable bonds is 3. The highest BCUT2D eigenvalue weighted by Gasteiger charge is 2.30. The van der Waals surface area contributed by atoms with Crippen molar-refractivity contribution >= 4 is 57.4 Å². The second kappa shape index (κ2) is 7.75. The van der Waals surface area contributed by atoms with E-state index in [-0.39, 0.29) is 22.7 Å². The summed E-state index contributed by atoms with van der Waals surface area (Å²) < 4.78 is 4.74. The maximum absolute atomic E-state index is 12.6. The maximum Gasteiger partial charge on any atom is 0.409 e. The van der Waals surface area contributed by atoms with Gasteiger partial charge in [0.25, 0.3) is 11.8 Å². The second-order valence-corrected chi connectivity index (χ2v) is 7.74. The predicted molar refractivity (Wildman–Crippen MR) is 104 cm³/mol. The van der Waals surface area contributed by atoms with Crippen LogP contribution in [0.15, 0.2) is 18.2 Å². The summed E-state index contributed by atoms with van der Waals surface area (Å²) in [6.07, 6.45) is -0.0153. The molecule has 0 aliphatic carbocycles. The Morgan fingerprint density at radius 1 is 1.30 bits per heavy atom. The van der Waals surface area contributed by atoms with E-state index in [1.807, 2.05) is 0 Å². The van der Waals surface area contributed by atoms with Crippen LogP contribution >= 0.6 is 34.5 Å². The second-order valence-electron chi connectivity index (χ2n) is 5.79. The standard InChI is InChI=1S/C17H15Cl2N3O4S/c1-26-17(25)22-5-4-9-12(7-22)27-16(13(9)14(20)23)21-15(24)10-6-8(18)2-3-11(10)19/h2-3,6H,4-5,7H2,1H3,(H2,20,23)(H,21,24). The molecular weight excluding hydrogens is 413 g/mol. The van der Waals surface area contributed by atoms with Crippen LogP contribution in [-0.4, -0.2) is 36.5 Å². The van der Waals surface area contributed by atoms with Crippen molar-refractivity contribution in [1.82, 2.24) is 4.90 Å². The number of hydrogen-bond donors (Lipinski definition) is 2. The van der Waals surface area contributed by atoms with E-state index in [1.54, 1.807) is 6.07 Å². The maximum atomic E-state index is 12.6. The average molecular weight is 428 g/mol. The van der Waals surface area contributed by atoms with Crippen LogP contribution in [0.3, 0.4) is 0 Å². The van der Waals surface area contributed by atoms with Crippen molar-refractivity contribution in [2.75, 3.05) is 19.0 Å². The van der Waals surface area contributed by atoms with Gasteiger partial charge in [0.15, 0.2) is 0 Å². The lowest BCUT2D eigenvalue weighted by Gasteiger charge is -2.25. The number of halogens is 2. The van der Waals surface area contributed by atoms with Crippen LogP contribution in [0.5, 0.6) is 0 Å². The van der Waals surface area contributed by atoms with E-state index >= 15 is 0 Å². The normalized spacial score (nSPS) is 13.1. The highest BCUT2D eigenvalue weighted by atomic mass is 35.5. The Kier molecular flexibility index (Phi) is 5.59. The number of nitrogens with two attached hydrogens (primary N) is 1. The summed E-state index contributed by atoms with van der Waals surface area (Å²) in [6.45, 7) is 0.672. The first kappa shape index (κ1) is 19.5. The number of anilines is 1. The fraction of sp³-hybridized carbons (Fsp3) is 0.235. The molecule has 3 amide bonds. The van der Waals surface area contributed by atoms with Crippen molar-refractivity contribution in [3.63, 3.8) is 0 Å². The molecule has 2 aromatic rings. The molecule has 2 heterocycles. The van der Waals surface area contributed by atoms with Gasteiger partial charge in [-0.25, -0.2) is 4.79 Å². The number of carbonyl (C=O) groups excluding carboxylic acids is 3. The summed E-state index contributed by atoms with van der Waals surface area (Å²) in [5, 5.41) is 3.60. The molecule has 0 fully saturated rings. The van der Waals surface area contributed by atoms with Crippen LogP contribution in [-0.2, 0) is 17.7 Å². The topological polar surface area (TPSA) is 102 Å². The molecule has 3 rings (SSSR count). The first-order valence-corrected chi connectivity index (χ1v) is 9.42. The molecule has 0 unspecified atom stereocenters. The molecule has 0 saturated carbocycles. The van der Waals surface area contributed by atoms with Gasteiger partial charge in [-0.2, -0.15) is 0 Å². The molecule has 0 bridgehead atoms. The van der Waals surface area contributed by atoms with Crippen LogP contribution in [0.1, 0.15) is 31.2 Å². The van der Waals surface area contributed by atoms with Crippen LogP contribution in [0, 0.1) is 0 Å². The number of nitrogens with zero attached hydrogens (tertiary/aromatic N) is 1. The quantitative estimate of drug-likeness (QED) is 0.781. The van der Waals surface area contributed by atoms with E-state index < -0.39 is 17.9 Å². The summed E-state index contributed by atoms with van der Waals surface area (Å²) in [5.41, 5.74) is 6.71. The van der Waals surface area contributed by atoms with E-state index in [2.05, 4.69) is 5.32 Å². The van der Waals surface area contributed by atoms with Gasteiger partial charge in [-0.05, 0) is 30.2 Å². The first-order valence-electron chi connectivity index (χ1n) is 7.85. The van der Waals surface area contributed by atoms with Gasteiger partial charge in [0.05, 0.1) is 29.8 Å².